The molecule has 19 heavy (non-hydrogen) atoms. The Morgan fingerprint density at radius 3 is 2.42 bits per heavy atom. The Morgan fingerprint density at radius 1 is 1.11 bits per heavy atom. The molecule has 0 unspecified atom stereocenters. The second-order valence-electron chi connectivity index (χ2n) is 8.19. The molecule has 0 aromatic rings. The molecule has 3 aliphatic carbocycles. The second kappa shape index (κ2) is 3.96. The minimum atomic E-state index is -0.379. The van der Waals surface area contributed by atoms with Crippen LogP contribution in [0.3, 0.4) is 0 Å². The zero-order valence-corrected chi connectivity index (χ0v) is 12.6. The molecule has 6 atom stereocenters. The van der Waals surface area contributed by atoms with Gasteiger partial charge in [-0.25, -0.2) is 0 Å². The Labute approximate surface area is 116 Å². The molecule has 1 spiro atoms. The third kappa shape index (κ3) is 1.61. The number of aliphatic hydroxyl groups excluding tert-OH is 2. The van der Waals surface area contributed by atoms with Crippen molar-refractivity contribution in [3.05, 3.63) is 0 Å². The number of aliphatic hydroxyl groups is 2. The third-order valence-corrected chi connectivity index (χ3v) is 6.85. The van der Waals surface area contributed by atoms with Crippen LogP contribution in [-0.4, -0.2) is 35.6 Å². The van der Waals surface area contributed by atoms with E-state index in [2.05, 4.69) is 20.8 Å². The van der Waals surface area contributed by atoms with Gasteiger partial charge < -0.3 is 14.9 Å². The fourth-order valence-corrected chi connectivity index (χ4v) is 5.75. The van der Waals surface area contributed by atoms with E-state index in [0.717, 1.165) is 32.1 Å². The Morgan fingerprint density at radius 2 is 1.79 bits per heavy atom. The maximum atomic E-state index is 10.6. The van der Waals surface area contributed by atoms with E-state index in [1.54, 1.807) is 0 Å². The number of hydrogen-bond donors (Lipinski definition) is 2. The molecule has 0 amide bonds. The highest BCUT2D eigenvalue weighted by Gasteiger charge is 2.67. The van der Waals surface area contributed by atoms with Crippen molar-refractivity contribution in [2.75, 3.05) is 7.11 Å². The first-order chi connectivity index (χ1) is 8.76. The van der Waals surface area contributed by atoms with Gasteiger partial charge in [0.05, 0.1) is 18.3 Å². The summed E-state index contributed by atoms with van der Waals surface area (Å²) < 4.78 is 5.84. The highest BCUT2D eigenvalue weighted by molar-refractivity contribution is 5.16. The summed E-state index contributed by atoms with van der Waals surface area (Å²) >= 11 is 0. The van der Waals surface area contributed by atoms with Crippen molar-refractivity contribution in [3.8, 4) is 0 Å². The topological polar surface area (TPSA) is 49.7 Å². The molecule has 0 saturated heterocycles. The molecule has 0 aliphatic heterocycles. The third-order valence-electron chi connectivity index (χ3n) is 6.85. The molecule has 3 fully saturated rings. The van der Waals surface area contributed by atoms with E-state index in [-0.39, 0.29) is 34.6 Å². The minimum absolute atomic E-state index is 0.172. The molecular formula is C16H28O3. The molecule has 3 rings (SSSR count). The molecular weight excluding hydrogens is 240 g/mol. The first kappa shape index (κ1) is 13.8. The van der Waals surface area contributed by atoms with Gasteiger partial charge in [-0.05, 0) is 43.4 Å². The van der Waals surface area contributed by atoms with Crippen LogP contribution in [0.25, 0.3) is 0 Å². The predicted molar refractivity (Wildman–Crippen MR) is 73.7 cm³/mol. The lowest BCUT2D eigenvalue weighted by atomic mass is 9.48. The van der Waals surface area contributed by atoms with Crippen molar-refractivity contribution in [1.82, 2.24) is 0 Å². The van der Waals surface area contributed by atoms with Gasteiger partial charge in [-0.3, -0.25) is 0 Å². The number of hydrogen-bond acceptors (Lipinski definition) is 3. The fraction of sp³-hybridized carbons (Fsp3) is 1.00. The molecule has 2 N–H and O–H groups in total. The lowest BCUT2D eigenvalue weighted by molar-refractivity contribution is -0.198. The van der Waals surface area contributed by atoms with Crippen LogP contribution in [0, 0.1) is 22.2 Å². The monoisotopic (exact) mass is 268 g/mol. The molecule has 110 valence electrons. The van der Waals surface area contributed by atoms with Crippen LogP contribution in [0.2, 0.25) is 0 Å². The van der Waals surface area contributed by atoms with Gasteiger partial charge in [0.25, 0.3) is 0 Å². The Hall–Kier alpha value is -0.120. The zero-order valence-electron chi connectivity index (χ0n) is 12.6. The van der Waals surface area contributed by atoms with Crippen molar-refractivity contribution in [2.45, 2.75) is 71.2 Å². The smallest absolute Gasteiger partial charge is 0.0635 e. The minimum Gasteiger partial charge on any atom is -0.392 e. The molecule has 3 aliphatic rings. The van der Waals surface area contributed by atoms with Crippen LogP contribution in [0.15, 0.2) is 0 Å². The maximum absolute atomic E-state index is 10.6. The van der Waals surface area contributed by atoms with E-state index in [0.29, 0.717) is 5.92 Å². The molecule has 0 heterocycles. The highest BCUT2D eigenvalue weighted by Crippen LogP contribution is 2.69. The van der Waals surface area contributed by atoms with Crippen LogP contribution in [0.4, 0.5) is 0 Å². The van der Waals surface area contributed by atoms with Crippen molar-refractivity contribution < 1.29 is 14.9 Å². The molecule has 3 heteroatoms. The average Bonchev–Trinajstić information content (AvgIpc) is 2.55. The van der Waals surface area contributed by atoms with Crippen molar-refractivity contribution in [1.29, 1.82) is 0 Å². The molecule has 3 nitrogen and oxygen atoms in total. The van der Waals surface area contributed by atoms with E-state index in [4.69, 9.17) is 4.74 Å². The number of methoxy groups -OCH3 is 1. The van der Waals surface area contributed by atoms with Crippen molar-refractivity contribution >= 4 is 0 Å². The van der Waals surface area contributed by atoms with E-state index >= 15 is 0 Å². The SMILES string of the molecule is CO[C@H]1CC(C)(C)[C@@H]2C[C@@H](O)[C@]3(C)C[C@]12CC[C@H]3O. The molecule has 2 bridgehead atoms. The van der Waals surface area contributed by atoms with Gasteiger partial charge >= 0.3 is 0 Å². The van der Waals surface area contributed by atoms with Crippen LogP contribution in [0.5, 0.6) is 0 Å². The standard InChI is InChI=1S/C16H28O3/c1-14(2)8-13(19-4)16-6-5-11(17)15(3,9-16)12(18)7-10(14)16/h10-13,17-18H,5-9H2,1-4H3/t10-,11+,12+,13-,15+,16-/m0/s1. The molecule has 0 aromatic heterocycles. The van der Waals surface area contributed by atoms with Gasteiger partial charge in [-0.1, -0.05) is 20.8 Å². The Kier molecular flexibility index (Phi) is 2.88. The van der Waals surface area contributed by atoms with E-state index in [9.17, 15) is 10.2 Å². The zero-order chi connectivity index (χ0) is 14.1. The van der Waals surface area contributed by atoms with Gasteiger partial charge in [0.15, 0.2) is 0 Å². The van der Waals surface area contributed by atoms with Crippen LogP contribution in [-0.2, 0) is 4.74 Å². The fourth-order valence-electron chi connectivity index (χ4n) is 5.75. The van der Waals surface area contributed by atoms with E-state index in [1.807, 2.05) is 7.11 Å². The largest absolute Gasteiger partial charge is 0.392 e. The summed E-state index contributed by atoms with van der Waals surface area (Å²) in [4.78, 5) is 0. The second-order valence-corrected chi connectivity index (χ2v) is 8.19. The normalized spacial score (nSPS) is 55.9. The highest BCUT2D eigenvalue weighted by atomic mass is 16.5. The molecule has 0 aromatic carbocycles. The summed E-state index contributed by atoms with van der Waals surface area (Å²) in [5.74, 6) is 0.514. The van der Waals surface area contributed by atoms with Crippen molar-refractivity contribution in [3.63, 3.8) is 0 Å². The Bertz CT molecular complexity index is 380. The lowest BCUT2D eigenvalue weighted by Crippen LogP contribution is -2.60. The number of ether oxygens (including phenoxy) is 1. The number of rotatable bonds is 1. The van der Waals surface area contributed by atoms with Crippen molar-refractivity contribution in [2.24, 2.45) is 22.2 Å². The predicted octanol–water partition coefficient (Wildman–Crippen LogP) is 2.35. The van der Waals surface area contributed by atoms with Crippen LogP contribution >= 0.6 is 0 Å². The molecule has 0 radical (unpaired) electrons. The summed E-state index contributed by atoms with van der Waals surface area (Å²) in [6.07, 6.45) is 4.20. The van der Waals surface area contributed by atoms with E-state index < -0.39 is 0 Å². The van der Waals surface area contributed by atoms with Gasteiger partial charge in [-0.2, -0.15) is 0 Å². The first-order valence-corrected chi connectivity index (χ1v) is 7.65. The van der Waals surface area contributed by atoms with Gasteiger partial charge in [0.2, 0.25) is 0 Å². The summed E-state index contributed by atoms with van der Waals surface area (Å²) in [6.45, 7) is 6.70. The summed E-state index contributed by atoms with van der Waals surface area (Å²) in [5.41, 5.74) is 0.0582. The van der Waals surface area contributed by atoms with Crippen LogP contribution in [0.1, 0.15) is 52.9 Å². The lowest BCUT2D eigenvalue weighted by Gasteiger charge is -2.59. The first-order valence-electron chi connectivity index (χ1n) is 7.65. The maximum Gasteiger partial charge on any atom is 0.0635 e. The van der Waals surface area contributed by atoms with Gasteiger partial charge in [0, 0.05) is 17.9 Å². The number of fused-ring (bicyclic) bond motifs is 1. The summed E-state index contributed by atoms with van der Waals surface area (Å²) in [6, 6.07) is 0. The Balaban J connectivity index is 2.04. The van der Waals surface area contributed by atoms with E-state index in [1.165, 1.54) is 0 Å². The summed E-state index contributed by atoms with van der Waals surface area (Å²) in [7, 11) is 1.82. The van der Waals surface area contributed by atoms with Gasteiger partial charge in [0.1, 0.15) is 0 Å². The van der Waals surface area contributed by atoms with Crippen LogP contribution < -0.4 is 0 Å². The molecule has 3 saturated carbocycles. The average molecular weight is 268 g/mol. The van der Waals surface area contributed by atoms with Gasteiger partial charge in [-0.15, -0.1) is 0 Å². The summed E-state index contributed by atoms with van der Waals surface area (Å²) in [5, 5.41) is 20.9. The quantitative estimate of drug-likeness (QED) is 0.767.